The molecule has 12 heteroatoms. The molecule has 0 bridgehead atoms. The van der Waals surface area contributed by atoms with E-state index in [1.54, 1.807) is 65.6 Å². The van der Waals surface area contributed by atoms with Gasteiger partial charge in [0.1, 0.15) is 11.4 Å². The highest BCUT2D eigenvalue weighted by atomic mass is 16.6. The van der Waals surface area contributed by atoms with Gasteiger partial charge in [-0.25, -0.2) is 9.48 Å². The number of fused-ring (bicyclic) bond motifs is 2. The lowest BCUT2D eigenvalue weighted by Gasteiger charge is -2.37. The number of ether oxygens (including phenoxy) is 2. The van der Waals surface area contributed by atoms with Crippen LogP contribution in [0, 0.1) is 0 Å². The van der Waals surface area contributed by atoms with E-state index in [0.29, 0.717) is 45.8 Å². The predicted octanol–water partition coefficient (Wildman–Crippen LogP) is 9.11. The summed E-state index contributed by atoms with van der Waals surface area (Å²) in [6.07, 6.45) is -0.120. The summed E-state index contributed by atoms with van der Waals surface area (Å²) < 4.78 is 12.9. The second-order valence-corrected chi connectivity index (χ2v) is 15.9. The third kappa shape index (κ3) is 9.19. The highest BCUT2D eigenvalue weighted by Gasteiger charge is 2.34. The summed E-state index contributed by atoms with van der Waals surface area (Å²) in [5.74, 6) is -0.622. The van der Waals surface area contributed by atoms with E-state index in [4.69, 9.17) is 14.6 Å². The van der Waals surface area contributed by atoms with Crippen LogP contribution in [0.5, 0.6) is 5.75 Å². The molecular formula is C50H46N6O6. The molecule has 6 aromatic carbocycles. The van der Waals surface area contributed by atoms with Crippen LogP contribution < -0.4 is 20.3 Å². The summed E-state index contributed by atoms with van der Waals surface area (Å²) in [4.78, 5) is 59.7. The third-order valence-corrected chi connectivity index (χ3v) is 10.4. The molecule has 2 N–H and O–H groups in total. The predicted molar refractivity (Wildman–Crippen MR) is 239 cm³/mol. The maximum absolute atomic E-state index is 15.3. The first kappa shape index (κ1) is 41.0. The van der Waals surface area contributed by atoms with Crippen molar-refractivity contribution in [3.63, 3.8) is 0 Å². The number of rotatable bonds is 11. The molecule has 0 spiro atoms. The van der Waals surface area contributed by atoms with Crippen LogP contribution >= 0.6 is 0 Å². The average Bonchev–Trinajstić information content (AvgIpc) is 3.67. The van der Waals surface area contributed by atoms with E-state index in [1.807, 2.05) is 127 Å². The lowest BCUT2D eigenvalue weighted by Crippen LogP contribution is -2.50. The molecule has 12 nitrogen and oxygen atoms in total. The molecule has 7 aromatic rings. The number of alkyl carbamates (subject to hydrolysis) is 1. The maximum Gasteiger partial charge on any atom is 0.407 e. The Kier molecular flexibility index (Phi) is 11.8. The molecule has 1 atom stereocenters. The number of hydrogen-bond donors (Lipinski definition) is 2. The molecular weight excluding hydrogens is 781 g/mol. The van der Waals surface area contributed by atoms with Crippen LogP contribution in [-0.4, -0.2) is 63.3 Å². The van der Waals surface area contributed by atoms with Gasteiger partial charge >= 0.3 is 6.09 Å². The number of benzene rings is 6. The van der Waals surface area contributed by atoms with Gasteiger partial charge in [0.05, 0.1) is 22.8 Å². The summed E-state index contributed by atoms with van der Waals surface area (Å²) >= 11 is 0. The lowest BCUT2D eigenvalue weighted by molar-refractivity contribution is -0.118. The Morgan fingerprint density at radius 2 is 1.35 bits per heavy atom. The maximum atomic E-state index is 15.3. The number of carbonyl (C=O) groups excluding carboxylic acids is 4. The molecule has 4 amide bonds. The Hall–Kier alpha value is -7.73. The van der Waals surface area contributed by atoms with Crippen molar-refractivity contribution in [3.8, 4) is 11.4 Å². The number of aromatic nitrogens is 2. The summed E-state index contributed by atoms with van der Waals surface area (Å²) in [7, 11) is 0. The number of para-hydroxylation sites is 4. The van der Waals surface area contributed by atoms with Crippen molar-refractivity contribution in [1.29, 1.82) is 0 Å². The number of nitrogens with zero attached hydrogens (tertiary/aromatic N) is 4. The van der Waals surface area contributed by atoms with Gasteiger partial charge in [0, 0.05) is 35.5 Å². The average molecular weight is 827 g/mol. The normalized spacial score (nSPS) is 13.5. The van der Waals surface area contributed by atoms with E-state index in [2.05, 4.69) is 10.6 Å². The van der Waals surface area contributed by atoms with Crippen LogP contribution in [0.15, 0.2) is 158 Å². The Balaban J connectivity index is 1.21. The quantitative estimate of drug-likeness (QED) is 0.133. The zero-order valence-corrected chi connectivity index (χ0v) is 34.7. The van der Waals surface area contributed by atoms with Crippen LogP contribution in [0.1, 0.15) is 52.7 Å². The van der Waals surface area contributed by atoms with Gasteiger partial charge in [-0.2, -0.15) is 5.10 Å². The smallest absolute Gasteiger partial charge is 0.407 e. The molecule has 1 aromatic heterocycles. The van der Waals surface area contributed by atoms with E-state index in [0.717, 1.165) is 11.1 Å². The van der Waals surface area contributed by atoms with E-state index < -0.39 is 23.6 Å². The van der Waals surface area contributed by atoms with Gasteiger partial charge in [-0.15, -0.1) is 0 Å². The van der Waals surface area contributed by atoms with E-state index in [1.165, 1.54) is 0 Å². The summed E-state index contributed by atoms with van der Waals surface area (Å²) in [5, 5.41) is 11.3. The van der Waals surface area contributed by atoms with Gasteiger partial charge in [-0.1, -0.05) is 97.1 Å². The molecule has 0 unspecified atom stereocenters. The first-order valence-corrected chi connectivity index (χ1v) is 20.4. The van der Waals surface area contributed by atoms with Crippen LogP contribution in [0.3, 0.4) is 0 Å². The highest BCUT2D eigenvalue weighted by molar-refractivity contribution is 6.16. The van der Waals surface area contributed by atoms with E-state index >= 15 is 4.79 Å². The van der Waals surface area contributed by atoms with Crippen LogP contribution in [-0.2, 0) is 22.5 Å². The Bertz CT molecular complexity index is 2690. The monoisotopic (exact) mass is 826 g/mol. The van der Waals surface area contributed by atoms with Crippen LogP contribution in [0.25, 0.3) is 16.6 Å². The zero-order valence-electron chi connectivity index (χ0n) is 34.7. The minimum absolute atomic E-state index is 0.121. The first-order valence-electron chi connectivity index (χ1n) is 20.4. The fourth-order valence-corrected chi connectivity index (χ4v) is 7.56. The number of carbonyl (C=O) groups is 4. The van der Waals surface area contributed by atoms with Crippen molar-refractivity contribution < 1.29 is 28.7 Å². The Morgan fingerprint density at radius 3 is 2.03 bits per heavy atom. The van der Waals surface area contributed by atoms with E-state index in [-0.39, 0.29) is 42.8 Å². The van der Waals surface area contributed by atoms with Gasteiger partial charge in [0.2, 0.25) is 0 Å². The molecule has 0 fully saturated rings. The molecule has 62 heavy (non-hydrogen) atoms. The minimum Gasteiger partial charge on any atom is -0.484 e. The fraction of sp³-hybridized carbons (Fsp3) is 0.180. The van der Waals surface area contributed by atoms with Crippen molar-refractivity contribution in [2.45, 2.75) is 45.4 Å². The van der Waals surface area contributed by atoms with Gasteiger partial charge in [-0.05, 0) is 99.0 Å². The second kappa shape index (κ2) is 17.9. The molecule has 0 saturated heterocycles. The number of nitrogens with one attached hydrogen (secondary N) is 2. The van der Waals surface area contributed by atoms with Gasteiger partial charge in [0.25, 0.3) is 17.7 Å². The number of anilines is 3. The van der Waals surface area contributed by atoms with Crippen molar-refractivity contribution in [2.75, 3.05) is 23.4 Å². The van der Waals surface area contributed by atoms with Crippen molar-refractivity contribution in [2.24, 2.45) is 0 Å². The van der Waals surface area contributed by atoms with Gasteiger partial charge in [-0.3, -0.25) is 19.3 Å². The van der Waals surface area contributed by atoms with Gasteiger partial charge < -0.3 is 25.0 Å². The van der Waals surface area contributed by atoms with Crippen molar-refractivity contribution in [3.05, 3.63) is 180 Å². The van der Waals surface area contributed by atoms with Crippen LogP contribution in [0.2, 0.25) is 0 Å². The third-order valence-electron chi connectivity index (χ3n) is 10.4. The topological polar surface area (TPSA) is 135 Å². The lowest BCUT2D eigenvalue weighted by atomic mass is 9.93. The molecule has 0 radical (unpaired) electrons. The van der Waals surface area contributed by atoms with Crippen molar-refractivity contribution >= 4 is 51.8 Å². The molecule has 312 valence electrons. The summed E-state index contributed by atoms with van der Waals surface area (Å²) in [6, 6.07) is 47.6. The molecule has 1 aliphatic rings. The van der Waals surface area contributed by atoms with Crippen LogP contribution in [0.4, 0.5) is 21.9 Å². The second-order valence-electron chi connectivity index (χ2n) is 15.9. The zero-order chi connectivity index (χ0) is 43.2. The van der Waals surface area contributed by atoms with Crippen molar-refractivity contribution in [1.82, 2.24) is 20.0 Å². The van der Waals surface area contributed by atoms with Gasteiger partial charge in [0.15, 0.2) is 12.3 Å². The molecule has 1 aliphatic heterocycles. The molecule has 0 saturated carbocycles. The Morgan fingerprint density at radius 1 is 0.742 bits per heavy atom. The number of amides is 4. The standard InChI is InChI=1S/C50H46N6O6/c1-50(2,3)62-49(60)51-31-39-29-34-17-13-14-18-35(34)32-54(39)47(58)42-30-36(52-45(57)33-61-40-23-11-6-12-24-40)27-28-44(42)56-43-26-16-15-25-41(43)46(53-56)48(59)55(37-19-7-4-8-20-37)38-21-9-5-10-22-38/h4-28,30,39H,29,31-33H2,1-3H3,(H,51,60)(H,52,57)/t39-/m0/s1. The fourth-order valence-electron chi connectivity index (χ4n) is 7.56. The minimum atomic E-state index is -0.712. The highest BCUT2D eigenvalue weighted by Crippen LogP contribution is 2.33. The molecule has 0 aliphatic carbocycles. The SMILES string of the molecule is CC(C)(C)OC(=O)NC[C@@H]1Cc2ccccc2CN1C(=O)c1cc(NC(=O)COc2ccccc2)ccc1-n1nc(C(=O)N(c2ccccc2)c2ccccc2)c2ccccc21. The summed E-state index contributed by atoms with van der Waals surface area (Å²) in [5.41, 5.74) is 4.35. The summed E-state index contributed by atoms with van der Waals surface area (Å²) in [6.45, 7) is 5.49. The molecule has 2 heterocycles. The Labute approximate surface area is 359 Å². The molecule has 8 rings (SSSR count). The number of hydrogen-bond acceptors (Lipinski definition) is 7. The van der Waals surface area contributed by atoms with E-state index in [9.17, 15) is 14.4 Å². The largest absolute Gasteiger partial charge is 0.484 e. The first-order chi connectivity index (χ1) is 30.0.